The molecule has 2 aliphatic heterocycles. The van der Waals surface area contributed by atoms with Crippen molar-refractivity contribution in [2.75, 3.05) is 13.1 Å². The molecule has 0 spiro atoms. The summed E-state index contributed by atoms with van der Waals surface area (Å²) in [5, 5.41) is 7.86. The van der Waals surface area contributed by atoms with Crippen LogP contribution in [0, 0.1) is 0 Å². The molecule has 2 saturated heterocycles. The first-order chi connectivity index (χ1) is 3.97. The van der Waals surface area contributed by atoms with Gasteiger partial charge in [-0.05, 0) is 19.4 Å². The molecule has 0 aromatic rings. The Morgan fingerprint density at radius 1 is 1.38 bits per heavy atom. The lowest BCUT2D eigenvalue weighted by Gasteiger charge is -2.04. The number of fused-ring (bicyclic) bond motifs is 1. The van der Waals surface area contributed by atoms with Crippen LogP contribution in [0.15, 0.2) is 0 Å². The molecule has 2 heterocycles. The Kier molecular flexibility index (Phi) is 1.02. The minimum absolute atomic E-state index is 0.690. The fraction of sp³-hybridized carbons (Fsp3) is 1.00. The SMILES string of the molecule is C1CC2NCCC2[N]1. The number of nitrogens with one attached hydrogen (secondary N) is 1. The molecule has 2 fully saturated rings. The molecule has 0 saturated carbocycles. The molecule has 45 valence electrons. The van der Waals surface area contributed by atoms with Crippen molar-refractivity contribution in [3.8, 4) is 0 Å². The van der Waals surface area contributed by atoms with Crippen molar-refractivity contribution in [2.24, 2.45) is 0 Å². The van der Waals surface area contributed by atoms with Gasteiger partial charge in [-0.15, -0.1) is 0 Å². The highest BCUT2D eigenvalue weighted by Gasteiger charge is 2.31. The van der Waals surface area contributed by atoms with E-state index < -0.39 is 0 Å². The molecule has 2 unspecified atom stereocenters. The molecule has 0 bridgehead atoms. The molecule has 2 aliphatic rings. The van der Waals surface area contributed by atoms with E-state index in [1.807, 2.05) is 0 Å². The Hall–Kier alpha value is -0.0800. The van der Waals surface area contributed by atoms with Gasteiger partial charge in [-0.3, -0.25) is 0 Å². The lowest BCUT2D eigenvalue weighted by molar-refractivity contribution is 0.570. The van der Waals surface area contributed by atoms with E-state index in [-0.39, 0.29) is 0 Å². The van der Waals surface area contributed by atoms with Crippen molar-refractivity contribution in [1.29, 1.82) is 0 Å². The van der Waals surface area contributed by atoms with Crippen LogP contribution in [0.1, 0.15) is 12.8 Å². The Morgan fingerprint density at radius 3 is 3.25 bits per heavy atom. The molecular formula is C6H11N2. The molecule has 8 heavy (non-hydrogen) atoms. The summed E-state index contributed by atoms with van der Waals surface area (Å²) in [4.78, 5) is 0. The maximum Gasteiger partial charge on any atom is 0.0412 e. The van der Waals surface area contributed by atoms with Gasteiger partial charge in [-0.1, -0.05) is 0 Å². The average molecular weight is 111 g/mol. The summed E-state index contributed by atoms with van der Waals surface area (Å²) in [6.45, 7) is 2.29. The third-order valence-corrected chi connectivity index (χ3v) is 2.11. The molecule has 1 radical (unpaired) electrons. The molecular weight excluding hydrogens is 100 g/mol. The molecule has 0 aromatic heterocycles. The fourth-order valence-electron chi connectivity index (χ4n) is 1.65. The molecule has 0 aromatic carbocycles. The van der Waals surface area contributed by atoms with Gasteiger partial charge in [0.25, 0.3) is 0 Å². The van der Waals surface area contributed by atoms with E-state index in [2.05, 4.69) is 10.6 Å². The maximum absolute atomic E-state index is 4.44. The van der Waals surface area contributed by atoms with Crippen LogP contribution < -0.4 is 10.6 Å². The van der Waals surface area contributed by atoms with Gasteiger partial charge in [0, 0.05) is 18.6 Å². The van der Waals surface area contributed by atoms with Crippen molar-refractivity contribution in [3.63, 3.8) is 0 Å². The van der Waals surface area contributed by atoms with Gasteiger partial charge >= 0.3 is 0 Å². The summed E-state index contributed by atoms with van der Waals surface area (Å²) in [6, 6.07) is 1.45. The highest BCUT2D eigenvalue weighted by atomic mass is 15.1. The highest BCUT2D eigenvalue weighted by molar-refractivity contribution is 4.93. The van der Waals surface area contributed by atoms with Gasteiger partial charge < -0.3 is 5.32 Å². The van der Waals surface area contributed by atoms with E-state index in [1.165, 1.54) is 19.4 Å². The molecule has 1 N–H and O–H groups in total. The summed E-state index contributed by atoms with van der Waals surface area (Å²) in [7, 11) is 0. The minimum atomic E-state index is 0.690. The number of hydrogen-bond acceptors (Lipinski definition) is 1. The number of nitrogens with zero attached hydrogens (tertiary/aromatic N) is 1. The summed E-state index contributed by atoms with van der Waals surface area (Å²) in [6.07, 6.45) is 2.56. The van der Waals surface area contributed by atoms with Crippen LogP contribution in [-0.4, -0.2) is 25.2 Å². The second-order valence-electron chi connectivity index (χ2n) is 2.61. The van der Waals surface area contributed by atoms with Gasteiger partial charge in [0.15, 0.2) is 0 Å². The largest absolute Gasteiger partial charge is 0.312 e. The molecule has 2 atom stereocenters. The van der Waals surface area contributed by atoms with Crippen LogP contribution >= 0.6 is 0 Å². The van der Waals surface area contributed by atoms with E-state index in [0.717, 1.165) is 12.6 Å². The van der Waals surface area contributed by atoms with Gasteiger partial charge in [-0.2, -0.15) is 0 Å². The van der Waals surface area contributed by atoms with Crippen LogP contribution in [0.25, 0.3) is 0 Å². The van der Waals surface area contributed by atoms with E-state index in [9.17, 15) is 0 Å². The molecule has 2 rings (SSSR count). The zero-order valence-electron chi connectivity index (χ0n) is 4.93. The smallest absolute Gasteiger partial charge is 0.0412 e. The maximum atomic E-state index is 4.44. The number of rotatable bonds is 0. The topological polar surface area (TPSA) is 26.1 Å². The first-order valence-electron chi connectivity index (χ1n) is 3.37. The second kappa shape index (κ2) is 1.71. The third kappa shape index (κ3) is 0.565. The van der Waals surface area contributed by atoms with E-state index in [0.29, 0.717) is 6.04 Å². The molecule has 0 aliphatic carbocycles. The van der Waals surface area contributed by atoms with Crippen molar-refractivity contribution < 1.29 is 0 Å². The third-order valence-electron chi connectivity index (χ3n) is 2.11. The fourth-order valence-corrected chi connectivity index (χ4v) is 1.65. The summed E-state index contributed by atoms with van der Waals surface area (Å²) >= 11 is 0. The predicted molar refractivity (Wildman–Crippen MR) is 31.8 cm³/mol. The summed E-state index contributed by atoms with van der Waals surface area (Å²) < 4.78 is 0. The monoisotopic (exact) mass is 111 g/mol. The zero-order valence-corrected chi connectivity index (χ0v) is 4.93. The standard InChI is InChI=1S/C6H11N2/c1-3-7-6-2-4-8-5(1)6/h5-7H,1-4H2. The minimum Gasteiger partial charge on any atom is -0.312 e. The Bertz CT molecular complexity index is 72.5. The molecule has 0 amide bonds. The number of hydrogen-bond donors (Lipinski definition) is 1. The van der Waals surface area contributed by atoms with Crippen molar-refractivity contribution in [2.45, 2.75) is 24.9 Å². The zero-order chi connectivity index (χ0) is 5.40. The van der Waals surface area contributed by atoms with Crippen molar-refractivity contribution >= 4 is 0 Å². The lowest BCUT2D eigenvalue weighted by atomic mass is 10.1. The van der Waals surface area contributed by atoms with Gasteiger partial charge in [-0.25, -0.2) is 5.32 Å². The van der Waals surface area contributed by atoms with E-state index >= 15 is 0 Å². The quantitative estimate of drug-likeness (QED) is 0.457. The Balaban J connectivity index is 2.04. The Labute approximate surface area is 49.7 Å². The van der Waals surface area contributed by atoms with Crippen LogP contribution in [0.5, 0.6) is 0 Å². The van der Waals surface area contributed by atoms with Crippen LogP contribution in [-0.2, 0) is 0 Å². The average Bonchev–Trinajstić information content (AvgIpc) is 2.15. The van der Waals surface area contributed by atoms with E-state index in [4.69, 9.17) is 0 Å². The van der Waals surface area contributed by atoms with Gasteiger partial charge in [0.05, 0.1) is 0 Å². The van der Waals surface area contributed by atoms with Crippen LogP contribution in [0.4, 0.5) is 0 Å². The van der Waals surface area contributed by atoms with Crippen molar-refractivity contribution in [1.82, 2.24) is 10.6 Å². The van der Waals surface area contributed by atoms with Gasteiger partial charge in [0.1, 0.15) is 0 Å². The van der Waals surface area contributed by atoms with Crippen LogP contribution in [0.3, 0.4) is 0 Å². The van der Waals surface area contributed by atoms with Crippen molar-refractivity contribution in [3.05, 3.63) is 0 Å². The lowest BCUT2D eigenvalue weighted by Crippen LogP contribution is -2.26. The first-order valence-corrected chi connectivity index (χ1v) is 3.37. The normalized spacial score (nSPS) is 45.0. The second-order valence-corrected chi connectivity index (χ2v) is 2.61. The molecule has 2 nitrogen and oxygen atoms in total. The predicted octanol–water partition coefficient (Wildman–Crippen LogP) is -0.275. The van der Waals surface area contributed by atoms with Gasteiger partial charge in [0.2, 0.25) is 0 Å². The molecule has 2 heteroatoms. The van der Waals surface area contributed by atoms with Crippen LogP contribution in [0.2, 0.25) is 0 Å². The highest BCUT2D eigenvalue weighted by Crippen LogP contribution is 2.16. The Morgan fingerprint density at radius 2 is 2.38 bits per heavy atom. The summed E-state index contributed by atoms with van der Waals surface area (Å²) in [5.41, 5.74) is 0. The van der Waals surface area contributed by atoms with E-state index in [1.54, 1.807) is 0 Å². The summed E-state index contributed by atoms with van der Waals surface area (Å²) in [5.74, 6) is 0. The first kappa shape index (κ1) is 4.77.